The summed E-state index contributed by atoms with van der Waals surface area (Å²) in [6, 6.07) is 22.6. The van der Waals surface area contributed by atoms with Crippen LogP contribution in [0.25, 0.3) is 0 Å². The van der Waals surface area contributed by atoms with Gasteiger partial charge in [0.15, 0.2) is 0 Å². The van der Waals surface area contributed by atoms with Gasteiger partial charge in [-0.05, 0) is 95.8 Å². The Labute approximate surface area is 537 Å². The summed E-state index contributed by atoms with van der Waals surface area (Å²) in [6.45, 7) is 8.90. The van der Waals surface area contributed by atoms with E-state index in [0.29, 0.717) is 61.4 Å². The molecule has 2 fully saturated rings. The number of carbonyl (C=O) groups is 8. The number of rotatable bonds is 16. The number of nitrogens with zero attached hydrogens (tertiary/aromatic N) is 6. The number of amidine groups is 2. The van der Waals surface area contributed by atoms with E-state index in [2.05, 4.69) is 29.9 Å². The molecule has 91 heavy (non-hydrogen) atoms. The van der Waals surface area contributed by atoms with Crippen molar-refractivity contribution in [1.29, 1.82) is 0 Å². The van der Waals surface area contributed by atoms with Crippen molar-refractivity contribution in [2.45, 2.75) is 57.3 Å². The lowest BCUT2D eigenvalue weighted by molar-refractivity contribution is -0.134. The van der Waals surface area contributed by atoms with Gasteiger partial charge in [-0.3, -0.25) is 9.80 Å². The van der Waals surface area contributed by atoms with Gasteiger partial charge in [-0.1, -0.05) is 69.2 Å². The van der Waals surface area contributed by atoms with Crippen LogP contribution < -0.4 is 11.5 Å². The molecular weight excluding hydrogens is 1290 g/mol. The van der Waals surface area contributed by atoms with Crippen molar-refractivity contribution in [2.75, 3.05) is 65.4 Å². The molecule has 2 saturated heterocycles. The number of fused-ring (bicyclic) bond motifs is 4. The fourth-order valence-electron chi connectivity index (χ4n) is 8.70. The van der Waals surface area contributed by atoms with Crippen LogP contribution in [0.2, 0.25) is 10.0 Å². The van der Waals surface area contributed by atoms with Gasteiger partial charge in [0, 0.05) is 169 Å². The minimum Gasteiger partial charge on any atom is -0.478 e. The van der Waals surface area contributed by atoms with Crippen molar-refractivity contribution < 1.29 is 104 Å². The molecule has 0 aromatic heterocycles. The second kappa shape index (κ2) is 40.7. The summed E-state index contributed by atoms with van der Waals surface area (Å²) >= 11 is 15.8. The fraction of sp³-hybridized carbons (Fsp3) is 0.276. The maximum atomic E-state index is 14.0. The van der Waals surface area contributed by atoms with Crippen molar-refractivity contribution in [3.8, 4) is 0 Å². The van der Waals surface area contributed by atoms with Gasteiger partial charge in [-0.2, -0.15) is 0 Å². The molecule has 0 amide bonds. The zero-order chi connectivity index (χ0) is 67.0. The number of hydrogen-bond donors (Lipinski definition) is 12. The highest BCUT2D eigenvalue weighted by molar-refractivity contribution is 7.99. The first-order chi connectivity index (χ1) is 42.6. The monoisotopic (exact) mass is 1350 g/mol. The Hall–Kier alpha value is -8.92. The normalized spacial score (nSPS) is 16.6. The molecule has 4 aliphatic heterocycles. The molecule has 33 heteroatoms. The van der Waals surface area contributed by atoms with Crippen molar-refractivity contribution in [3.63, 3.8) is 0 Å². The largest absolute Gasteiger partial charge is 0.478 e. The Morgan fingerprint density at radius 2 is 0.725 bits per heavy atom. The Balaban J connectivity index is 0.000000420. The summed E-state index contributed by atoms with van der Waals surface area (Å²) in [7, 11) is 0. The van der Waals surface area contributed by atoms with Gasteiger partial charge in [-0.25, -0.2) is 47.1 Å². The van der Waals surface area contributed by atoms with E-state index in [-0.39, 0.29) is 40.9 Å². The minimum absolute atomic E-state index is 0. The lowest BCUT2D eigenvalue weighted by atomic mass is 9.96. The summed E-state index contributed by atoms with van der Waals surface area (Å²) in [5.74, 6) is -9.95. The molecule has 0 spiro atoms. The third kappa shape index (κ3) is 30.4. The molecule has 8 rings (SSSR count). The summed E-state index contributed by atoms with van der Waals surface area (Å²) in [5.41, 5.74) is 16.0. The molecule has 0 saturated carbocycles. The van der Waals surface area contributed by atoms with E-state index in [0.717, 1.165) is 108 Å². The van der Waals surface area contributed by atoms with Crippen molar-refractivity contribution in [2.24, 2.45) is 21.8 Å². The number of halogens is 4. The third-order valence-electron chi connectivity index (χ3n) is 12.8. The standard InChI is InChI=1S/2C21H24ClFN4OS.4C4H4O4.H2O/c2*22-15-1-4-19-14(11-15)12-18(17-3-2-16(23)13-20(17)29-19)27-9-7-26(8-10-27)6-5-21(24)25-28;4*5-3(6)1-2-4(7)8;/h2*1-4,11,13,18,28H,5-10,12H2,(H2,24,25);4*1-2H,(H,5,6)(H,7,8);1H2. The molecule has 0 radical (unpaired) electrons. The lowest BCUT2D eigenvalue weighted by Crippen LogP contribution is -2.48. The van der Waals surface area contributed by atoms with E-state index in [1.54, 1.807) is 47.8 Å². The Morgan fingerprint density at radius 1 is 0.451 bits per heavy atom. The predicted octanol–water partition coefficient (Wildman–Crippen LogP) is 5.99. The van der Waals surface area contributed by atoms with Crippen molar-refractivity contribution in [1.82, 2.24) is 19.6 Å². The highest BCUT2D eigenvalue weighted by Gasteiger charge is 2.32. The van der Waals surface area contributed by atoms with Crippen LogP contribution in [0.4, 0.5) is 8.78 Å². The van der Waals surface area contributed by atoms with Crippen LogP contribution in [0.5, 0.6) is 0 Å². The highest BCUT2D eigenvalue weighted by atomic mass is 35.5. The fourth-order valence-corrected chi connectivity index (χ4v) is 11.4. The summed E-state index contributed by atoms with van der Waals surface area (Å²) in [4.78, 5) is 90.3. The number of hydrogen-bond acceptors (Lipinski definition) is 18. The molecule has 16 N–H and O–H groups in total. The average Bonchev–Trinajstić information content (AvgIpc) is 1.71. The van der Waals surface area contributed by atoms with Gasteiger partial charge in [0.05, 0.1) is 0 Å². The zero-order valence-corrected chi connectivity index (χ0v) is 51.2. The second-order valence-corrected chi connectivity index (χ2v) is 22.0. The minimum atomic E-state index is -1.26. The number of nitrogens with two attached hydrogens (primary N) is 2. The molecule has 0 aliphatic carbocycles. The van der Waals surface area contributed by atoms with E-state index < -0.39 is 47.8 Å². The van der Waals surface area contributed by atoms with Gasteiger partial charge in [0.25, 0.3) is 0 Å². The summed E-state index contributed by atoms with van der Waals surface area (Å²) < 4.78 is 27.9. The van der Waals surface area contributed by atoms with E-state index in [9.17, 15) is 47.1 Å². The number of benzene rings is 4. The molecule has 2 unspecified atom stereocenters. The molecule has 2 atom stereocenters. The van der Waals surface area contributed by atoms with Crippen LogP contribution in [0.15, 0.2) is 151 Å². The van der Waals surface area contributed by atoms with Crippen molar-refractivity contribution in [3.05, 3.63) is 165 Å². The van der Waals surface area contributed by atoms with E-state index >= 15 is 0 Å². The Kier molecular flexibility index (Phi) is 34.9. The molecule has 27 nitrogen and oxygen atoms in total. The third-order valence-corrected chi connectivity index (χ3v) is 15.6. The molecule has 4 aliphatic rings. The molecule has 4 heterocycles. The smallest absolute Gasteiger partial charge is 0.328 e. The second-order valence-electron chi connectivity index (χ2n) is 19.0. The predicted molar refractivity (Wildman–Crippen MR) is 330 cm³/mol. The topological polar surface area (TPSA) is 460 Å². The van der Waals surface area contributed by atoms with Gasteiger partial charge in [0.1, 0.15) is 23.3 Å². The van der Waals surface area contributed by atoms with Crippen LogP contribution in [0.1, 0.15) is 47.2 Å². The number of oxime groups is 2. The van der Waals surface area contributed by atoms with Gasteiger partial charge < -0.3 is 78.0 Å². The van der Waals surface area contributed by atoms with Gasteiger partial charge >= 0.3 is 47.8 Å². The van der Waals surface area contributed by atoms with E-state index in [1.165, 1.54) is 22.3 Å². The molecule has 4 aromatic carbocycles. The van der Waals surface area contributed by atoms with E-state index in [1.807, 2.05) is 48.5 Å². The summed E-state index contributed by atoms with van der Waals surface area (Å²) in [6.07, 6.45) is 7.29. The Morgan fingerprint density at radius 3 is 0.978 bits per heavy atom. The Bertz CT molecular complexity index is 3010. The van der Waals surface area contributed by atoms with Gasteiger partial charge in [0.2, 0.25) is 0 Å². The molecule has 492 valence electrons. The zero-order valence-electron chi connectivity index (χ0n) is 48.0. The van der Waals surface area contributed by atoms with Crippen LogP contribution in [0.3, 0.4) is 0 Å². The summed E-state index contributed by atoms with van der Waals surface area (Å²) in [5, 5.41) is 87.5. The quantitative estimate of drug-likeness (QED) is 0.0201. The van der Waals surface area contributed by atoms with Crippen molar-refractivity contribution >= 4 is 106 Å². The molecule has 4 aromatic rings. The number of piperazine rings is 2. The molecular formula is C58H66Cl2F2N8O19S2. The first kappa shape index (κ1) is 78.2. The maximum absolute atomic E-state index is 14.0. The van der Waals surface area contributed by atoms with Crippen LogP contribution in [-0.4, -0.2) is 201 Å². The lowest BCUT2D eigenvalue weighted by Gasteiger charge is -2.39. The SMILES string of the molecule is NC(CCN1CCN(C2Cc3cc(Cl)ccc3Sc3cc(F)ccc32)CC1)=NO.NC(CCN1CCN(C2Cc3cc(Cl)ccc3Sc3cc(F)ccc32)CC1)=NO.O.O=C(O)C=CC(=O)O.O=C(O)C=CC(=O)O.O=C(O)C=CC(=O)O.O=C(O)C=CC(=O)O. The first-order valence-electron chi connectivity index (χ1n) is 26.5. The van der Waals surface area contributed by atoms with Crippen LogP contribution in [0, 0.1) is 11.6 Å². The van der Waals surface area contributed by atoms with Crippen LogP contribution in [-0.2, 0) is 51.2 Å². The number of aliphatic carboxylic acids is 8. The number of carboxylic acids is 8. The van der Waals surface area contributed by atoms with Gasteiger partial charge in [-0.15, -0.1) is 0 Å². The maximum Gasteiger partial charge on any atom is 0.328 e. The number of carboxylic acid groups (broad SMARTS) is 8. The van der Waals surface area contributed by atoms with Crippen LogP contribution >= 0.6 is 46.7 Å². The molecule has 0 bridgehead atoms. The first-order valence-corrected chi connectivity index (χ1v) is 28.9. The van der Waals surface area contributed by atoms with E-state index in [4.69, 9.17) is 85.9 Å². The highest BCUT2D eigenvalue weighted by Crippen LogP contribution is 2.45. The average molecular weight is 1350 g/mol.